The second-order valence-electron chi connectivity index (χ2n) is 3.10. The summed E-state index contributed by atoms with van der Waals surface area (Å²) in [6.07, 6.45) is 6.15. The van der Waals surface area contributed by atoms with Gasteiger partial charge in [-0.3, -0.25) is 0 Å². The Kier molecular flexibility index (Phi) is 2.25. The Morgan fingerprint density at radius 1 is 1.60 bits per heavy atom. The van der Waals surface area contributed by atoms with Crippen LogP contribution in [0.4, 0.5) is 4.39 Å². The lowest BCUT2D eigenvalue weighted by Crippen LogP contribution is -2.06. The molecule has 1 aliphatic rings. The number of rotatable bonds is 1. The molecule has 0 aromatic rings. The third-order valence-corrected chi connectivity index (χ3v) is 1.91. The second-order valence-corrected chi connectivity index (χ2v) is 3.10. The molecule has 0 heterocycles. The molecule has 1 aliphatic carbocycles. The standard InChI is InChI=1S/C9H13F/c1-7(2)8-4-3-5-9(10)6-8/h3,5-8H,4H2,1-2H3. The Morgan fingerprint density at radius 3 is 2.70 bits per heavy atom. The molecule has 1 rings (SSSR count). The summed E-state index contributed by atoms with van der Waals surface area (Å²) in [4.78, 5) is 0. The van der Waals surface area contributed by atoms with E-state index < -0.39 is 0 Å². The van der Waals surface area contributed by atoms with E-state index >= 15 is 0 Å². The third kappa shape index (κ3) is 1.69. The molecule has 0 radical (unpaired) electrons. The van der Waals surface area contributed by atoms with E-state index in [1.807, 2.05) is 6.08 Å². The molecule has 0 aromatic carbocycles. The summed E-state index contributed by atoms with van der Waals surface area (Å²) in [7, 11) is 0. The average Bonchev–Trinajstić information content (AvgIpc) is 1.88. The van der Waals surface area contributed by atoms with Gasteiger partial charge in [-0.1, -0.05) is 19.9 Å². The van der Waals surface area contributed by atoms with Gasteiger partial charge in [0.15, 0.2) is 0 Å². The van der Waals surface area contributed by atoms with Gasteiger partial charge in [0.1, 0.15) is 5.83 Å². The molecule has 0 spiro atoms. The topological polar surface area (TPSA) is 0 Å². The van der Waals surface area contributed by atoms with Crippen LogP contribution in [0, 0.1) is 11.8 Å². The molecule has 0 aromatic heterocycles. The summed E-state index contributed by atoms with van der Waals surface area (Å²) >= 11 is 0. The van der Waals surface area contributed by atoms with Crippen LogP contribution >= 0.6 is 0 Å². The molecule has 0 bridgehead atoms. The van der Waals surface area contributed by atoms with Crippen molar-refractivity contribution in [2.75, 3.05) is 0 Å². The maximum absolute atomic E-state index is 12.6. The second kappa shape index (κ2) is 3.00. The highest BCUT2D eigenvalue weighted by Gasteiger charge is 2.12. The highest BCUT2D eigenvalue weighted by atomic mass is 19.1. The Balaban J connectivity index is 2.60. The SMILES string of the molecule is CC(C)C1C=C(F)C=CC1. The van der Waals surface area contributed by atoms with E-state index in [-0.39, 0.29) is 5.83 Å². The Bertz CT molecular complexity index is 166. The van der Waals surface area contributed by atoms with Crippen molar-refractivity contribution < 1.29 is 4.39 Å². The highest BCUT2D eigenvalue weighted by molar-refractivity contribution is 5.17. The summed E-state index contributed by atoms with van der Waals surface area (Å²) < 4.78 is 12.6. The molecule has 56 valence electrons. The predicted octanol–water partition coefficient (Wildman–Crippen LogP) is 3.07. The van der Waals surface area contributed by atoms with Crippen LogP contribution in [0.5, 0.6) is 0 Å². The normalized spacial score (nSPS) is 25.2. The molecule has 0 N–H and O–H groups in total. The molecule has 0 amide bonds. The van der Waals surface area contributed by atoms with Crippen LogP contribution in [-0.2, 0) is 0 Å². The van der Waals surface area contributed by atoms with E-state index in [2.05, 4.69) is 13.8 Å². The number of halogens is 1. The van der Waals surface area contributed by atoms with Gasteiger partial charge in [-0.15, -0.1) is 0 Å². The van der Waals surface area contributed by atoms with Crippen molar-refractivity contribution in [3.05, 3.63) is 24.1 Å². The molecule has 0 nitrogen and oxygen atoms in total. The van der Waals surface area contributed by atoms with Gasteiger partial charge >= 0.3 is 0 Å². The smallest absolute Gasteiger partial charge is 0.119 e. The monoisotopic (exact) mass is 140 g/mol. The molecule has 0 aliphatic heterocycles. The number of hydrogen-bond acceptors (Lipinski definition) is 0. The Morgan fingerprint density at radius 2 is 2.30 bits per heavy atom. The van der Waals surface area contributed by atoms with Gasteiger partial charge in [0.05, 0.1) is 0 Å². The van der Waals surface area contributed by atoms with E-state index in [0.29, 0.717) is 11.8 Å². The summed E-state index contributed by atoms with van der Waals surface area (Å²) in [6.45, 7) is 4.24. The highest BCUT2D eigenvalue weighted by Crippen LogP contribution is 2.23. The van der Waals surface area contributed by atoms with E-state index in [0.717, 1.165) is 6.42 Å². The fraction of sp³-hybridized carbons (Fsp3) is 0.556. The first-order valence-electron chi connectivity index (χ1n) is 3.74. The molecule has 10 heavy (non-hydrogen) atoms. The molecule has 0 fully saturated rings. The van der Waals surface area contributed by atoms with Crippen molar-refractivity contribution in [2.24, 2.45) is 11.8 Å². The van der Waals surface area contributed by atoms with Gasteiger partial charge in [-0.05, 0) is 30.4 Å². The average molecular weight is 140 g/mol. The van der Waals surface area contributed by atoms with Gasteiger partial charge in [0, 0.05) is 0 Å². The zero-order valence-electron chi connectivity index (χ0n) is 6.47. The molecule has 1 unspecified atom stereocenters. The molecule has 1 atom stereocenters. The van der Waals surface area contributed by atoms with Crippen LogP contribution in [-0.4, -0.2) is 0 Å². The summed E-state index contributed by atoms with van der Waals surface area (Å²) in [5.41, 5.74) is 0. The molecular formula is C9H13F. The van der Waals surface area contributed by atoms with Crippen LogP contribution in [0.25, 0.3) is 0 Å². The zero-order valence-corrected chi connectivity index (χ0v) is 6.47. The molecule has 1 heteroatoms. The molecule has 0 saturated carbocycles. The Labute approximate surface area is 61.4 Å². The van der Waals surface area contributed by atoms with Crippen LogP contribution in [0.3, 0.4) is 0 Å². The zero-order chi connectivity index (χ0) is 7.56. The van der Waals surface area contributed by atoms with Crippen LogP contribution in [0.15, 0.2) is 24.1 Å². The quantitative estimate of drug-likeness (QED) is 0.525. The number of hydrogen-bond donors (Lipinski definition) is 0. The third-order valence-electron chi connectivity index (χ3n) is 1.91. The van der Waals surface area contributed by atoms with Crippen molar-refractivity contribution in [3.63, 3.8) is 0 Å². The van der Waals surface area contributed by atoms with Crippen molar-refractivity contribution in [3.8, 4) is 0 Å². The van der Waals surface area contributed by atoms with E-state index in [9.17, 15) is 4.39 Å². The van der Waals surface area contributed by atoms with Crippen LogP contribution in [0.1, 0.15) is 20.3 Å². The van der Waals surface area contributed by atoms with Crippen molar-refractivity contribution in [1.82, 2.24) is 0 Å². The lowest BCUT2D eigenvalue weighted by Gasteiger charge is -2.16. The van der Waals surface area contributed by atoms with Gasteiger partial charge in [-0.25, -0.2) is 4.39 Å². The first-order chi connectivity index (χ1) is 4.70. The summed E-state index contributed by atoms with van der Waals surface area (Å²) in [5.74, 6) is 0.880. The Hall–Kier alpha value is -0.590. The van der Waals surface area contributed by atoms with Gasteiger partial charge in [0.2, 0.25) is 0 Å². The fourth-order valence-corrected chi connectivity index (χ4v) is 1.13. The minimum Gasteiger partial charge on any atom is -0.207 e. The van der Waals surface area contributed by atoms with Gasteiger partial charge in [0.25, 0.3) is 0 Å². The van der Waals surface area contributed by atoms with Gasteiger partial charge < -0.3 is 0 Å². The first-order valence-corrected chi connectivity index (χ1v) is 3.74. The largest absolute Gasteiger partial charge is 0.207 e. The summed E-state index contributed by atoms with van der Waals surface area (Å²) in [5, 5.41) is 0. The van der Waals surface area contributed by atoms with E-state index in [1.165, 1.54) is 0 Å². The van der Waals surface area contributed by atoms with E-state index in [1.54, 1.807) is 12.2 Å². The maximum Gasteiger partial charge on any atom is 0.119 e. The fourth-order valence-electron chi connectivity index (χ4n) is 1.13. The van der Waals surface area contributed by atoms with Crippen molar-refractivity contribution >= 4 is 0 Å². The van der Waals surface area contributed by atoms with Crippen LogP contribution in [0.2, 0.25) is 0 Å². The van der Waals surface area contributed by atoms with Crippen LogP contribution < -0.4 is 0 Å². The minimum absolute atomic E-state index is 0.0787. The lowest BCUT2D eigenvalue weighted by molar-refractivity contribution is 0.453. The van der Waals surface area contributed by atoms with E-state index in [4.69, 9.17) is 0 Å². The van der Waals surface area contributed by atoms with Gasteiger partial charge in [-0.2, -0.15) is 0 Å². The minimum atomic E-state index is -0.0787. The first kappa shape index (κ1) is 7.52. The lowest BCUT2D eigenvalue weighted by atomic mass is 9.89. The number of allylic oxidation sites excluding steroid dienone is 4. The molecular weight excluding hydrogens is 127 g/mol. The summed E-state index contributed by atoms with van der Waals surface area (Å²) in [6, 6.07) is 0. The van der Waals surface area contributed by atoms with Crippen molar-refractivity contribution in [2.45, 2.75) is 20.3 Å². The maximum atomic E-state index is 12.6. The van der Waals surface area contributed by atoms with Crippen molar-refractivity contribution in [1.29, 1.82) is 0 Å². The molecule has 0 saturated heterocycles. The predicted molar refractivity (Wildman–Crippen MR) is 41.3 cm³/mol.